The van der Waals surface area contributed by atoms with Crippen LogP contribution in [-0.4, -0.2) is 27.5 Å². The minimum atomic E-state index is -0.134. The number of aryl methyl sites for hydroxylation is 1. The fourth-order valence-electron chi connectivity index (χ4n) is 3.06. The molecule has 20 heavy (non-hydrogen) atoms. The van der Waals surface area contributed by atoms with E-state index in [1.807, 2.05) is 18.7 Å². The predicted molar refractivity (Wildman–Crippen MR) is 85.6 cm³/mol. The molecule has 106 valence electrons. The Morgan fingerprint density at radius 3 is 2.70 bits per heavy atom. The number of ether oxygens (including phenoxy) is 1. The molecule has 3 rings (SSSR count). The summed E-state index contributed by atoms with van der Waals surface area (Å²) in [5.74, 6) is 1.12. The highest BCUT2D eigenvalue weighted by Gasteiger charge is 2.47. The van der Waals surface area contributed by atoms with E-state index in [4.69, 9.17) is 4.74 Å². The van der Waals surface area contributed by atoms with E-state index < -0.39 is 0 Å². The number of hydrogen-bond acceptors (Lipinski definition) is 3. The summed E-state index contributed by atoms with van der Waals surface area (Å²) in [5.41, 5.74) is 1.13. The van der Waals surface area contributed by atoms with Gasteiger partial charge in [0.1, 0.15) is 12.2 Å². The van der Waals surface area contributed by atoms with E-state index >= 15 is 0 Å². The second-order valence-electron chi connectivity index (χ2n) is 5.41. The molecule has 0 radical (unpaired) electrons. The Kier molecular flexibility index (Phi) is 3.81. The van der Waals surface area contributed by atoms with E-state index in [2.05, 4.69) is 57.1 Å². The van der Waals surface area contributed by atoms with Gasteiger partial charge in [-0.3, -0.25) is 0 Å². The van der Waals surface area contributed by atoms with Crippen molar-refractivity contribution in [3.8, 4) is 0 Å². The van der Waals surface area contributed by atoms with Crippen LogP contribution in [0.15, 0.2) is 30.6 Å². The van der Waals surface area contributed by atoms with Crippen molar-refractivity contribution in [1.82, 2.24) is 14.8 Å². The van der Waals surface area contributed by atoms with E-state index in [-0.39, 0.29) is 11.5 Å². The van der Waals surface area contributed by atoms with Crippen LogP contribution < -0.4 is 0 Å². The van der Waals surface area contributed by atoms with Crippen LogP contribution in [-0.2, 0) is 11.8 Å². The molecule has 1 unspecified atom stereocenters. The van der Waals surface area contributed by atoms with E-state index in [1.54, 1.807) is 6.33 Å². The first kappa shape index (κ1) is 14.0. The van der Waals surface area contributed by atoms with Crippen LogP contribution in [0.5, 0.6) is 0 Å². The van der Waals surface area contributed by atoms with Gasteiger partial charge in [0.2, 0.25) is 0 Å². The maximum absolute atomic E-state index is 5.93. The number of benzene rings is 1. The lowest BCUT2D eigenvalue weighted by molar-refractivity contribution is -0.0857. The van der Waals surface area contributed by atoms with Crippen LogP contribution >= 0.6 is 22.6 Å². The lowest BCUT2D eigenvalue weighted by Crippen LogP contribution is -2.46. The average Bonchev–Trinajstić information content (AvgIpc) is 2.79. The van der Waals surface area contributed by atoms with E-state index in [0.717, 1.165) is 18.7 Å². The van der Waals surface area contributed by atoms with Crippen LogP contribution in [0.25, 0.3) is 0 Å². The molecule has 1 aliphatic carbocycles. The SMILES string of the molecule is COC1(C(c2cccc(I)c2)c2nncn2C)CCC1. The number of methoxy groups -OCH3 is 1. The molecule has 1 aliphatic rings. The highest BCUT2D eigenvalue weighted by atomic mass is 127. The fraction of sp³-hybridized carbons (Fsp3) is 0.467. The van der Waals surface area contributed by atoms with Gasteiger partial charge in [0.05, 0.1) is 11.5 Å². The van der Waals surface area contributed by atoms with Crippen LogP contribution in [0.3, 0.4) is 0 Å². The lowest BCUT2D eigenvalue weighted by atomic mass is 9.68. The summed E-state index contributed by atoms with van der Waals surface area (Å²) in [7, 11) is 3.81. The Balaban J connectivity index is 2.11. The van der Waals surface area contributed by atoms with Gasteiger partial charge >= 0.3 is 0 Å². The zero-order valence-electron chi connectivity index (χ0n) is 11.7. The molecule has 4 nitrogen and oxygen atoms in total. The second kappa shape index (κ2) is 5.44. The Morgan fingerprint density at radius 1 is 1.40 bits per heavy atom. The number of halogens is 1. The molecule has 0 amide bonds. The summed E-state index contributed by atoms with van der Waals surface area (Å²) < 4.78 is 9.16. The van der Waals surface area contributed by atoms with Crippen LogP contribution in [0, 0.1) is 3.57 Å². The van der Waals surface area contributed by atoms with Crippen LogP contribution in [0.2, 0.25) is 0 Å². The maximum Gasteiger partial charge on any atom is 0.143 e. The van der Waals surface area contributed by atoms with E-state index in [1.165, 1.54) is 15.6 Å². The molecule has 1 aromatic heterocycles. The average molecular weight is 383 g/mol. The van der Waals surface area contributed by atoms with Gasteiger partial charge in [-0.05, 0) is 59.5 Å². The van der Waals surface area contributed by atoms with Crippen molar-refractivity contribution in [2.75, 3.05) is 7.11 Å². The Labute approximate surface area is 132 Å². The number of hydrogen-bond donors (Lipinski definition) is 0. The third-order valence-corrected chi connectivity index (χ3v) is 4.99. The molecule has 0 aliphatic heterocycles. The predicted octanol–water partition coefficient (Wildman–Crippen LogP) is 3.12. The lowest BCUT2D eigenvalue weighted by Gasteiger charge is -2.46. The summed E-state index contributed by atoms with van der Waals surface area (Å²) in [6.07, 6.45) is 5.13. The Bertz CT molecular complexity index is 601. The third-order valence-electron chi connectivity index (χ3n) is 4.32. The quantitative estimate of drug-likeness (QED) is 0.762. The van der Waals surface area contributed by atoms with Gasteiger partial charge in [-0.15, -0.1) is 10.2 Å². The fourth-order valence-corrected chi connectivity index (χ4v) is 3.63. The van der Waals surface area contributed by atoms with Crippen molar-refractivity contribution < 1.29 is 4.74 Å². The molecule has 0 bridgehead atoms. The molecule has 2 aromatic rings. The third kappa shape index (κ3) is 2.26. The van der Waals surface area contributed by atoms with Crippen molar-refractivity contribution >= 4 is 22.6 Å². The standard InChI is InChI=1S/C15H18IN3O/c1-19-10-17-18-14(19)13(15(20-2)7-4-8-15)11-5-3-6-12(16)9-11/h3,5-6,9-10,13H,4,7-8H2,1-2H3. The zero-order chi connectivity index (χ0) is 14.2. The Morgan fingerprint density at radius 2 is 2.20 bits per heavy atom. The van der Waals surface area contributed by atoms with Crippen LogP contribution in [0.1, 0.15) is 36.6 Å². The van der Waals surface area contributed by atoms with Gasteiger partial charge in [0.25, 0.3) is 0 Å². The van der Waals surface area contributed by atoms with E-state index in [0.29, 0.717) is 0 Å². The monoisotopic (exact) mass is 383 g/mol. The molecule has 1 saturated carbocycles. The zero-order valence-corrected chi connectivity index (χ0v) is 13.9. The number of rotatable bonds is 4. The molecule has 5 heteroatoms. The summed E-state index contributed by atoms with van der Waals surface area (Å²) in [5, 5.41) is 8.40. The first-order chi connectivity index (χ1) is 9.66. The number of aromatic nitrogens is 3. The van der Waals surface area contributed by atoms with Crippen molar-refractivity contribution in [3.63, 3.8) is 0 Å². The van der Waals surface area contributed by atoms with Gasteiger partial charge in [-0.2, -0.15) is 0 Å². The van der Waals surface area contributed by atoms with E-state index in [9.17, 15) is 0 Å². The van der Waals surface area contributed by atoms with Gasteiger partial charge in [-0.1, -0.05) is 12.1 Å². The van der Waals surface area contributed by atoms with Gasteiger partial charge < -0.3 is 9.30 Å². The maximum atomic E-state index is 5.93. The molecule has 1 fully saturated rings. The van der Waals surface area contributed by atoms with Crippen LogP contribution in [0.4, 0.5) is 0 Å². The first-order valence-corrected chi connectivity index (χ1v) is 7.89. The smallest absolute Gasteiger partial charge is 0.143 e. The molecule has 1 aromatic carbocycles. The van der Waals surface area contributed by atoms with Crippen molar-refractivity contribution in [3.05, 3.63) is 45.6 Å². The summed E-state index contributed by atoms with van der Waals surface area (Å²) >= 11 is 2.35. The highest BCUT2D eigenvalue weighted by Crippen LogP contribution is 2.48. The minimum Gasteiger partial charge on any atom is -0.377 e. The topological polar surface area (TPSA) is 39.9 Å². The first-order valence-electron chi connectivity index (χ1n) is 6.81. The summed E-state index contributed by atoms with van der Waals surface area (Å²) in [6.45, 7) is 0. The molecular weight excluding hydrogens is 365 g/mol. The minimum absolute atomic E-state index is 0.134. The molecule has 0 N–H and O–H groups in total. The van der Waals surface area contributed by atoms with Crippen molar-refractivity contribution in [2.24, 2.45) is 7.05 Å². The summed E-state index contributed by atoms with van der Waals surface area (Å²) in [4.78, 5) is 0. The number of nitrogens with zero attached hydrogens (tertiary/aromatic N) is 3. The van der Waals surface area contributed by atoms with Crippen molar-refractivity contribution in [2.45, 2.75) is 30.8 Å². The molecule has 1 atom stereocenters. The molecule has 0 saturated heterocycles. The van der Waals surface area contributed by atoms with Gasteiger partial charge in [-0.25, -0.2) is 0 Å². The molecule has 1 heterocycles. The highest BCUT2D eigenvalue weighted by molar-refractivity contribution is 14.1. The molecule has 0 spiro atoms. The summed E-state index contributed by atoms with van der Waals surface area (Å²) in [6, 6.07) is 8.60. The second-order valence-corrected chi connectivity index (χ2v) is 6.66. The van der Waals surface area contributed by atoms with Gasteiger partial charge in [0, 0.05) is 17.7 Å². The Hall–Kier alpha value is -0.950. The van der Waals surface area contributed by atoms with Gasteiger partial charge in [0.15, 0.2) is 0 Å². The largest absolute Gasteiger partial charge is 0.377 e. The normalized spacial score (nSPS) is 18.6. The molecular formula is C15H18IN3O. The van der Waals surface area contributed by atoms with Crippen molar-refractivity contribution in [1.29, 1.82) is 0 Å².